The quantitative estimate of drug-likeness (QED) is 0.375. The molecular weight excluding hydrogens is 335 g/mol. The van der Waals surface area contributed by atoms with E-state index in [1.165, 1.54) is 0 Å². The molecule has 0 aliphatic rings. The summed E-state index contributed by atoms with van der Waals surface area (Å²) in [6.45, 7) is -1.28. The summed E-state index contributed by atoms with van der Waals surface area (Å²) in [5, 5.41) is 42.6. The van der Waals surface area contributed by atoms with Gasteiger partial charge in [-0.2, -0.15) is 0 Å². The normalized spacial score (nSPS) is 18.3. The summed E-state index contributed by atoms with van der Waals surface area (Å²) in [7, 11) is 0. The van der Waals surface area contributed by atoms with Crippen molar-refractivity contribution in [2.75, 3.05) is 13.2 Å². The Kier molecular flexibility index (Phi) is 9.13. The van der Waals surface area contributed by atoms with Crippen molar-refractivity contribution < 1.29 is 46.6 Å². The summed E-state index contributed by atoms with van der Waals surface area (Å²) in [5.74, 6) is 0. The Hall–Kier alpha value is 0.488. The first-order valence-corrected chi connectivity index (χ1v) is 2.89. The van der Waals surface area contributed by atoms with Crippen LogP contribution in [0.4, 0.5) is 0 Å². The van der Waals surface area contributed by atoms with Crippen LogP contribution in [0.5, 0.6) is 0 Å². The van der Waals surface area contributed by atoms with E-state index in [4.69, 9.17) is 25.5 Å². The fourth-order valence-corrected chi connectivity index (χ4v) is 0.472. The van der Waals surface area contributed by atoms with E-state index in [-0.39, 0.29) is 21.1 Å². The molecule has 5 N–H and O–H groups in total. The number of aliphatic hydroxyl groups excluding tert-OH is 5. The molecule has 0 spiro atoms. The Morgan fingerprint density at radius 1 is 0.818 bits per heavy atom. The van der Waals surface area contributed by atoms with E-state index in [0.29, 0.717) is 0 Å². The third kappa shape index (κ3) is 4.85. The summed E-state index contributed by atoms with van der Waals surface area (Å²) in [6.07, 6.45) is -4.29. The molecular formula is C5H12O5Pt. The predicted molar refractivity (Wildman–Crippen MR) is 32.2 cm³/mol. The number of rotatable bonds is 4. The van der Waals surface area contributed by atoms with E-state index < -0.39 is 31.5 Å². The van der Waals surface area contributed by atoms with Crippen LogP contribution in [0.15, 0.2) is 0 Å². The van der Waals surface area contributed by atoms with Crippen molar-refractivity contribution in [1.82, 2.24) is 0 Å². The van der Waals surface area contributed by atoms with E-state index >= 15 is 0 Å². The van der Waals surface area contributed by atoms with Gasteiger partial charge in [-0.15, -0.1) is 0 Å². The van der Waals surface area contributed by atoms with Gasteiger partial charge >= 0.3 is 0 Å². The SMILES string of the molecule is OCC(O)C(O)C(O)CO.[Pt]. The van der Waals surface area contributed by atoms with Crippen molar-refractivity contribution in [2.24, 2.45) is 0 Å². The van der Waals surface area contributed by atoms with Crippen molar-refractivity contribution in [1.29, 1.82) is 0 Å². The van der Waals surface area contributed by atoms with Gasteiger partial charge < -0.3 is 25.5 Å². The molecule has 0 aromatic heterocycles. The van der Waals surface area contributed by atoms with Crippen LogP contribution in [0.2, 0.25) is 0 Å². The smallest absolute Gasteiger partial charge is 0.110 e. The molecule has 0 bridgehead atoms. The van der Waals surface area contributed by atoms with Crippen LogP contribution < -0.4 is 0 Å². The molecule has 2 unspecified atom stereocenters. The average Bonchev–Trinajstić information content (AvgIpc) is 2.00. The summed E-state index contributed by atoms with van der Waals surface area (Å²) in [6, 6.07) is 0. The molecule has 0 amide bonds. The van der Waals surface area contributed by atoms with E-state index in [0.717, 1.165) is 0 Å². The molecule has 0 aromatic carbocycles. The van der Waals surface area contributed by atoms with Gasteiger partial charge in [0.05, 0.1) is 13.2 Å². The molecule has 0 radical (unpaired) electrons. The van der Waals surface area contributed by atoms with E-state index in [1.54, 1.807) is 0 Å². The zero-order valence-electron chi connectivity index (χ0n) is 5.70. The van der Waals surface area contributed by atoms with Crippen LogP contribution in [0, 0.1) is 0 Å². The Balaban J connectivity index is 0. The van der Waals surface area contributed by atoms with Gasteiger partial charge in [0.1, 0.15) is 18.3 Å². The van der Waals surface area contributed by atoms with Crippen molar-refractivity contribution in [3.63, 3.8) is 0 Å². The first-order valence-electron chi connectivity index (χ1n) is 2.89. The van der Waals surface area contributed by atoms with Gasteiger partial charge in [0, 0.05) is 21.1 Å². The van der Waals surface area contributed by atoms with Gasteiger partial charge in [0.2, 0.25) is 0 Å². The van der Waals surface area contributed by atoms with Crippen molar-refractivity contribution >= 4 is 0 Å². The van der Waals surface area contributed by atoms with Gasteiger partial charge in [-0.25, -0.2) is 0 Å². The second-order valence-corrected chi connectivity index (χ2v) is 1.99. The van der Waals surface area contributed by atoms with E-state index in [1.807, 2.05) is 0 Å². The monoisotopic (exact) mass is 347 g/mol. The Bertz CT molecular complexity index is 80.9. The topological polar surface area (TPSA) is 101 Å². The minimum Gasteiger partial charge on any atom is -0.394 e. The molecule has 0 heterocycles. The summed E-state index contributed by atoms with van der Waals surface area (Å²) in [4.78, 5) is 0. The second-order valence-electron chi connectivity index (χ2n) is 1.99. The van der Waals surface area contributed by atoms with Crippen LogP contribution >= 0.6 is 0 Å². The minimum absolute atomic E-state index is 0. The fraction of sp³-hybridized carbons (Fsp3) is 1.00. The first-order chi connectivity index (χ1) is 4.63. The second kappa shape index (κ2) is 7.15. The molecule has 0 aliphatic carbocycles. The van der Waals surface area contributed by atoms with Gasteiger partial charge in [-0.1, -0.05) is 0 Å². The number of hydrogen-bond donors (Lipinski definition) is 5. The molecule has 2 atom stereocenters. The number of hydrogen-bond acceptors (Lipinski definition) is 5. The Labute approximate surface area is 78.6 Å². The van der Waals surface area contributed by atoms with Crippen molar-refractivity contribution in [2.45, 2.75) is 18.3 Å². The van der Waals surface area contributed by atoms with Crippen molar-refractivity contribution in [3.8, 4) is 0 Å². The molecule has 0 saturated heterocycles. The molecule has 6 heteroatoms. The maximum atomic E-state index is 8.77. The van der Waals surface area contributed by atoms with Gasteiger partial charge in [-0.3, -0.25) is 0 Å². The zero-order chi connectivity index (χ0) is 8.15. The zero-order valence-corrected chi connectivity index (χ0v) is 7.97. The summed E-state index contributed by atoms with van der Waals surface area (Å²) >= 11 is 0. The van der Waals surface area contributed by atoms with E-state index in [9.17, 15) is 0 Å². The van der Waals surface area contributed by atoms with Crippen LogP contribution in [-0.4, -0.2) is 57.1 Å². The first kappa shape index (κ1) is 14.0. The third-order valence-electron chi connectivity index (χ3n) is 1.16. The Morgan fingerprint density at radius 3 is 1.27 bits per heavy atom. The molecule has 0 rings (SSSR count). The minimum atomic E-state index is -1.49. The average molecular weight is 347 g/mol. The molecule has 0 aromatic rings. The summed E-state index contributed by atoms with van der Waals surface area (Å²) in [5.41, 5.74) is 0. The maximum absolute atomic E-state index is 8.77. The fourth-order valence-electron chi connectivity index (χ4n) is 0.472. The van der Waals surface area contributed by atoms with Crippen LogP contribution in [0.1, 0.15) is 0 Å². The molecule has 0 saturated carbocycles. The van der Waals surface area contributed by atoms with E-state index in [2.05, 4.69) is 0 Å². The largest absolute Gasteiger partial charge is 0.394 e. The van der Waals surface area contributed by atoms with Crippen LogP contribution in [0.25, 0.3) is 0 Å². The van der Waals surface area contributed by atoms with Crippen LogP contribution in [-0.2, 0) is 21.1 Å². The molecule has 0 fully saturated rings. The maximum Gasteiger partial charge on any atom is 0.110 e. The number of aliphatic hydroxyl groups is 5. The predicted octanol–water partition coefficient (Wildman–Crippen LogP) is -2.95. The third-order valence-corrected chi connectivity index (χ3v) is 1.16. The molecule has 5 nitrogen and oxygen atoms in total. The van der Waals surface area contributed by atoms with Gasteiger partial charge in [0.15, 0.2) is 0 Å². The Morgan fingerprint density at radius 2 is 1.09 bits per heavy atom. The van der Waals surface area contributed by atoms with Crippen molar-refractivity contribution in [3.05, 3.63) is 0 Å². The van der Waals surface area contributed by atoms with Gasteiger partial charge in [-0.05, 0) is 0 Å². The molecule has 11 heavy (non-hydrogen) atoms. The van der Waals surface area contributed by atoms with Crippen LogP contribution in [0.3, 0.4) is 0 Å². The molecule has 72 valence electrons. The standard InChI is InChI=1S/C5H12O5.Pt/c6-1-3(8)5(10)4(9)2-7;/h3-10H,1-2H2;. The summed E-state index contributed by atoms with van der Waals surface area (Å²) < 4.78 is 0. The molecule has 0 aliphatic heterocycles. The van der Waals surface area contributed by atoms with Gasteiger partial charge in [0.25, 0.3) is 0 Å².